The van der Waals surface area contributed by atoms with Gasteiger partial charge in [-0.25, -0.2) is 0 Å². The molecule has 0 aliphatic rings. The minimum absolute atomic E-state index is 0.774. The van der Waals surface area contributed by atoms with Crippen LogP contribution in [0.4, 0.5) is 5.69 Å². The Morgan fingerprint density at radius 3 is 2.68 bits per heavy atom. The average Bonchev–Trinajstić information content (AvgIpc) is 2.75. The number of nitrogens with one attached hydrogen (secondary N) is 1. The van der Waals surface area contributed by atoms with E-state index in [4.69, 9.17) is 16.0 Å². The summed E-state index contributed by atoms with van der Waals surface area (Å²) in [5.74, 6) is 0.953. The van der Waals surface area contributed by atoms with Gasteiger partial charge in [-0.1, -0.05) is 23.7 Å². The molecule has 3 nitrogen and oxygen atoms in total. The normalized spacial score (nSPS) is 10.7. The van der Waals surface area contributed by atoms with Crippen LogP contribution in [-0.2, 0) is 13.1 Å². The molecule has 1 aromatic heterocycles. The van der Waals surface area contributed by atoms with E-state index in [9.17, 15) is 0 Å². The second-order valence-corrected chi connectivity index (χ2v) is 5.04. The summed E-state index contributed by atoms with van der Waals surface area (Å²) in [7, 11) is 3.98. The molecular weight excluding hydrogens is 260 g/mol. The second kappa shape index (κ2) is 6.13. The molecule has 0 atom stereocenters. The number of rotatable bonds is 5. The summed E-state index contributed by atoms with van der Waals surface area (Å²) < 4.78 is 5.34. The molecule has 0 spiro atoms. The maximum Gasteiger partial charge on any atom is 0.105 e. The van der Waals surface area contributed by atoms with Gasteiger partial charge < -0.3 is 14.6 Å². The van der Waals surface area contributed by atoms with E-state index in [1.807, 2.05) is 39.2 Å². The van der Waals surface area contributed by atoms with Crippen molar-refractivity contribution in [3.63, 3.8) is 0 Å². The number of aryl methyl sites for hydroxylation is 1. The zero-order valence-corrected chi connectivity index (χ0v) is 12.3. The molecule has 102 valence electrons. The third-order valence-electron chi connectivity index (χ3n) is 3.19. The lowest BCUT2D eigenvalue weighted by molar-refractivity contribution is 0.529. The van der Waals surface area contributed by atoms with Crippen molar-refractivity contribution in [2.45, 2.75) is 20.0 Å². The minimum atomic E-state index is 0.774. The van der Waals surface area contributed by atoms with Crippen molar-refractivity contribution in [3.8, 4) is 0 Å². The van der Waals surface area contributed by atoms with Crippen molar-refractivity contribution in [1.82, 2.24) is 5.32 Å². The van der Waals surface area contributed by atoms with Crippen molar-refractivity contribution in [2.24, 2.45) is 0 Å². The SMILES string of the molecule is CNCc1cccc(Cl)c1N(C)Cc1ccoc1C. The first-order chi connectivity index (χ1) is 9.13. The number of para-hydroxylation sites is 1. The highest BCUT2D eigenvalue weighted by Gasteiger charge is 2.13. The lowest BCUT2D eigenvalue weighted by Gasteiger charge is -2.23. The van der Waals surface area contributed by atoms with Crippen molar-refractivity contribution >= 4 is 17.3 Å². The number of benzene rings is 1. The van der Waals surface area contributed by atoms with E-state index in [1.54, 1.807) is 6.26 Å². The van der Waals surface area contributed by atoms with Crippen molar-refractivity contribution in [2.75, 3.05) is 19.0 Å². The zero-order valence-electron chi connectivity index (χ0n) is 11.5. The molecule has 2 rings (SSSR count). The molecule has 0 aliphatic carbocycles. The van der Waals surface area contributed by atoms with E-state index in [0.29, 0.717) is 0 Å². The Bertz CT molecular complexity index is 551. The van der Waals surface area contributed by atoms with Crippen LogP contribution < -0.4 is 10.2 Å². The fraction of sp³-hybridized carbons (Fsp3) is 0.333. The maximum atomic E-state index is 6.35. The topological polar surface area (TPSA) is 28.4 Å². The van der Waals surface area contributed by atoms with Crippen molar-refractivity contribution < 1.29 is 4.42 Å². The van der Waals surface area contributed by atoms with Crippen LogP contribution in [0.5, 0.6) is 0 Å². The standard InChI is InChI=1S/C15H19ClN2O/c1-11-13(7-8-19-11)10-18(3)15-12(9-17-2)5-4-6-14(15)16/h4-8,17H,9-10H2,1-3H3. The van der Waals surface area contributed by atoms with Gasteiger partial charge in [-0.3, -0.25) is 0 Å². The van der Waals surface area contributed by atoms with E-state index in [2.05, 4.69) is 16.3 Å². The number of hydrogen-bond donors (Lipinski definition) is 1. The highest BCUT2D eigenvalue weighted by atomic mass is 35.5. The molecule has 4 heteroatoms. The monoisotopic (exact) mass is 278 g/mol. The summed E-state index contributed by atoms with van der Waals surface area (Å²) in [6, 6.07) is 8.00. The molecular formula is C15H19ClN2O. The van der Waals surface area contributed by atoms with Gasteiger partial charge in [0.05, 0.1) is 17.0 Å². The molecule has 1 aromatic carbocycles. The smallest absolute Gasteiger partial charge is 0.105 e. The van der Waals surface area contributed by atoms with E-state index in [1.165, 1.54) is 11.1 Å². The first kappa shape index (κ1) is 14.0. The predicted molar refractivity (Wildman–Crippen MR) is 79.8 cm³/mol. The van der Waals surface area contributed by atoms with Crippen molar-refractivity contribution in [1.29, 1.82) is 0 Å². The Morgan fingerprint density at radius 1 is 1.26 bits per heavy atom. The van der Waals surface area contributed by atoms with E-state index in [0.717, 1.165) is 29.6 Å². The van der Waals surface area contributed by atoms with Crippen LogP contribution in [0.25, 0.3) is 0 Å². The van der Waals surface area contributed by atoms with Gasteiger partial charge in [0.25, 0.3) is 0 Å². The molecule has 0 saturated heterocycles. The summed E-state index contributed by atoms with van der Waals surface area (Å²) in [5.41, 5.74) is 3.44. The number of furan rings is 1. The van der Waals surface area contributed by atoms with Gasteiger partial charge in [-0.05, 0) is 31.7 Å². The van der Waals surface area contributed by atoms with Crippen LogP contribution in [0.1, 0.15) is 16.9 Å². The Balaban J connectivity index is 2.27. The molecule has 0 amide bonds. The van der Waals surface area contributed by atoms with Crippen LogP contribution in [-0.4, -0.2) is 14.1 Å². The van der Waals surface area contributed by atoms with Gasteiger partial charge in [0.15, 0.2) is 0 Å². The highest BCUT2D eigenvalue weighted by Crippen LogP contribution is 2.30. The van der Waals surface area contributed by atoms with Gasteiger partial charge in [-0.2, -0.15) is 0 Å². The Kier molecular flexibility index (Phi) is 4.51. The lowest BCUT2D eigenvalue weighted by atomic mass is 10.1. The Labute approximate surface area is 119 Å². The number of halogens is 1. The average molecular weight is 279 g/mol. The molecule has 1 N–H and O–H groups in total. The second-order valence-electron chi connectivity index (χ2n) is 4.64. The summed E-state index contributed by atoms with van der Waals surface area (Å²) in [4.78, 5) is 2.16. The molecule has 0 saturated carbocycles. The zero-order chi connectivity index (χ0) is 13.8. The number of nitrogens with zero attached hydrogens (tertiary/aromatic N) is 1. The molecule has 0 radical (unpaired) electrons. The van der Waals surface area contributed by atoms with Gasteiger partial charge in [0.2, 0.25) is 0 Å². The molecule has 0 fully saturated rings. The summed E-state index contributed by atoms with van der Waals surface area (Å²) in [6.07, 6.45) is 1.72. The maximum absolute atomic E-state index is 6.35. The minimum Gasteiger partial charge on any atom is -0.469 e. The molecule has 19 heavy (non-hydrogen) atoms. The molecule has 1 heterocycles. The summed E-state index contributed by atoms with van der Waals surface area (Å²) in [5, 5.41) is 3.95. The lowest BCUT2D eigenvalue weighted by Crippen LogP contribution is -2.20. The van der Waals surface area contributed by atoms with E-state index in [-0.39, 0.29) is 0 Å². The number of hydrogen-bond acceptors (Lipinski definition) is 3. The van der Waals surface area contributed by atoms with Gasteiger partial charge in [-0.15, -0.1) is 0 Å². The van der Waals surface area contributed by atoms with Crippen LogP contribution in [0, 0.1) is 6.92 Å². The third-order valence-corrected chi connectivity index (χ3v) is 3.50. The third kappa shape index (κ3) is 3.11. The predicted octanol–water partition coefficient (Wildman–Crippen LogP) is 3.60. The van der Waals surface area contributed by atoms with Crippen molar-refractivity contribution in [3.05, 3.63) is 52.4 Å². The summed E-state index contributed by atoms with van der Waals surface area (Å²) in [6.45, 7) is 3.55. The Hall–Kier alpha value is -1.45. The van der Waals surface area contributed by atoms with Gasteiger partial charge in [0.1, 0.15) is 5.76 Å². The van der Waals surface area contributed by atoms with Gasteiger partial charge >= 0.3 is 0 Å². The van der Waals surface area contributed by atoms with E-state index >= 15 is 0 Å². The molecule has 0 aliphatic heterocycles. The molecule has 0 bridgehead atoms. The fourth-order valence-electron chi connectivity index (χ4n) is 2.23. The fourth-order valence-corrected chi connectivity index (χ4v) is 2.57. The number of anilines is 1. The van der Waals surface area contributed by atoms with Crippen LogP contribution >= 0.6 is 11.6 Å². The molecule has 2 aromatic rings. The molecule has 0 unspecified atom stereocenters. The van der Waals surface area contributed by atoms with Crippen LogP contribution in [0.3, 0.4) is 0 Å². The highest BCUT2D eigenvalue weighted by molar-refractivity contribution is 6.33. The quantitative estimate of drug-likeness (QED) is 0.906. The van der Waals surface area contributed by atoms with Gasteiger partial charge in [0, 0.05) is 25.7 Å². The Morgan fingerprint density at radius 2 is 2.05 bits per heavy atom. The largest absolute Gasteiger partial charge is 0.469 e. The summed E-state index contributed by atoms with van der Waals surface area (Å²) >= 11 is 6.35. The first-order valence-electron chi connectivity index (χ1n) is 6.29. The first-order valence-corrected chi connectivity index (χ1v) is 6.67. The van der Waals surface area contributed by atoms with E-state index < -0.39 is 0 Å². The van der Waals surface area contributed by atoms with Crippen LogP contribution in [0.2, 0.25) is 5.02 Å². The van der Waals surface area contributed by atoms with Crippen LogP contribution in [0.15, 0.2) is 34.9 Å².